The van der Waals surface area contributed by atoms with E-state index in [0.717, 1.165) is 29.2 Å². The molecule has 4 rings (SSSR count). The summed E-state index contributed by atoms with van der Waals surface area (Å²) in [5.41, 5.74) is -0.782. The molecule has 0 aromatic heterocycles. The standard InChI is InChI=1S/C21H16F6N3O3S/c22-11-34(31,32)28-8-12-9-30(10-21(12,26)27)18-7-17(33-29-18)20-13(3-1-4-16(20)25)19-14(23)5-2-6-15(19)24/h1-6,12,17H,7,9-11H2/q+1. The number of hydrogen-bond donors (Lipinski definition) is 0. The molecule has 6 nitrogen and oxygen atoms in total. The molecule has 2 atom stereocenters. The Kier molecular flexibility index (Phi) is 6.20. The normalized spacial score (nSPS) is 21.6. The van der Waals surface area contributed by atoms with Crippen LogP contribution in [0, 0.1) is 29.4 Å². The van der Waals surface area contributed by atoms with Crippen LogP contribution in [-0.2, 0) is 14.9 Å². The zero-order valence-corrected chi connectivity index (χ0v) is 18.0. The van der Waals surface area contributed by atoms with E-state index in [1.165, 1.54) is 12.1 Å². The van der Waals surface area contributed by atoms with E-state index in [0.29, 0.717) is 0 Å². The zero-order chi connectivity index (χ0) is 24.7. The molecule has 2 unspecified atom stereocenters. The van der Waals surface area contributed by atoms with Crippen molar-refractivity contribution in [1.29, 1.82) is 0 Å². The van der Waals surface area contributed by atoms with Crippen LogP contribution >= 0.6 is 0 Å². The van der Waals surface area contributed by atoms with Crippen molar-refractivity contribution in [2.75, 3.05) is 19.1 Å². The maximum atomic E-state index is 14.8. The number of hydrogen-bond acceptors (Lipinski definition) is 5. The summed E-state index contributed by atoms with van der Waals surface area (Å²) in [7, 11) is -4.54. The number of rotatable bonds is 3. The molecule has 2 aliphatic heterocycles. The third kappa shape index (κ3) is 4.54. The summed E-state index contributed by atoms with van der Waals surface area (Å²) in [5, 5.41) is 3.74. The fourth-order valence-corrected chi connectivity index (χ4v) is 4.16. The quantitative estimate of drug-likeness (QED) is 0.569. The van der Waals surface area contributed by atoms with E-state index in [1.54, 1.807) is 6.07 Å². The Labute approximate surface area is 190 Å². The number of sulfonamides is 1. The molecule has 2 aromatic carbocycles. The minimum absolute atomic E-state index is 0.00877. The molecule has 0 saturated carbocycles. The topological polar surface area (TPSA) is 63.3 Å². The SMILES string of the molecule is O=S(=O)(CF)[N+]#CC1CN(C2=NOC(c3c(F)cccc3-c3c(F)cccc3F)C2)CC1(F)F. The van der Waals surface area contributed by atoms with E-state index in [2.05, 4.69) is 9.41 Å². The number of halogens is 6. The van der Waals surface area contributed by atoms with Gasteiger partial charge in [0.15, 0.2) is 12.0 Å². The molecule has 34 heavy (non-hydrogen) atoms. The van der Waals surface area contributed by atoms with E-state index in [9.17, 15) is 34.8 Å². The van der Waals surface area contributed by atoms with Crippen LogP contribution in [0.1, 0.15) is 18.1 Å². The lowest BCUT2D eigenvalue weighted by Crippen LogP contribution is -2.31. The second-order valence-corrected chi connectivity index (χ2v) is 9.27. The van der Waals surface area contributed by atoms with Crippen LogP contribution in [0.4, 0.5) is 26.3 Å². The minimum atomic E-state index is -4.54. The van der Waals surface area contributed by atoms with Crippen LogP contribution in [0.5, 0.6) is 0 Å². The average molecular weight is 504 g/mol. The molecule has 180 valence electrons. The van der Waals surface area contributed by atoms with Gasteiger partial charge in [0.05, 0.1) is 22.8 Å². The van der Waals surface area contributed by atoms with E-state index >= 15 is 0 Å². The first-order chi connectivity index (χ1) is 16.0. The molecule has 0 bridgehead atoms. The summed E-state index contributed by atoms with van der Waals surface area (Å²) in [5.74, 6) is -7.92. The predicted molar refractivity (Wildman–Crippen MR) is 110 cm³/mol. The molecule has 1 saturated heterocycles. The Morgan fingerprint density at radius 2 is 1.76 bits per heavy atom. The smallest absolute Gasteiger partial charge is 0.386 e. The fraction of sp³-hybridized carbons (Fsp3) is 0.333. The molecule has 0 amide bonds. The summed E-state index contributed by atoms with van der Waals surface area (Å²) in [6, 6.07) is 6.74. The van der Waals surface area contributed by atoms with Gasteiger partial charge in [-0.15, -0.1) is 8.42 Å². The van der Waals surface area contributed by atoms with Crippen molar-refractivity contribution in [2.45, 2.75) is 18.4 Å². The molecular weight excluding hydrogens is 488 g/mol. The molecule has 0 spiro atoms. The van der Waals surface area contributed by atoms with Crippen molar-refractivity contribution in [3.63, 3.8) is 0 Å². The number of benzene rings is 2. The third-order valence-corrected chi connectivity index (χ3v) is 6.08. The molecule has 2 heterocycles. The molecular formula is C21H16F6N3O3S+. The fourth-order valence-electron chi connectivity index (χ4n) is 3.83. The largest absolute Gasteiger partial charge is 0.509 e. The summed E-state index contributed by atoms with van der Waals surface area (Å²) < 4.78 is 110. The van der Waals surface area contributed by atoms with Gasteiger partial charge in [0.25, 0.3) is 11.9 Å². The molecule has 0 N–H and O–H groups in total. The van der Waals surface area contributed by atoms with Gasteiger partial charge >= 0.3 is 16.1 Å². The van der Waals surface area contributed by atoms with Gasteiger partial charge in [-0.1, -0.05) is 23.4 Å². The first-order valence-corrected chi connectivity index (χ1v) is 11.5. The average Bonchev–Trinajstić information content (AvgIpc) is 3.36. The van der Waals surface area contributed by atoms with Crippen LogP contribution in [0.3, 0.4) is 0 Å². The Hall–Kier alpha value is -3.27. The highest BCUT2D eigenvalue weighted by atomic mass is 32.2. The van der Waals surface area contributed by atoms with Gasteiger partial charge in [0.2, 0.25) is 0 Å². The van der Waals surface area contributed by atoms with Gasteiger partial charge in [-0.3, -0.25) is 0 Å². The van der Waals surface area contributed by atoms with Crippen LogP contribution in [0.2, 0.25) is 0 Å². The van der Waals surface area contributed by atoms with Crippen LogP contribution in [-0.4, -0.2) is 44.2 Å². The number of nitrogens with zero attached hydrogens (tertiary/aromatic N) is 3. The highest BCUT2D eigenvalue weighted by molar-refractivity contribution is 7.93. The number of alkyl halides is 3. The Morgan fingerprint density at radius 1 is 1.12 bits per heavy atom. The van der Waals surface area contributed by atoms with Crippen LogP contribution in [0.15, 0.2) is 41.6 Å². The van der Waals surface area contributed by atoms with E-state index in [4.69, 9.17) is 4.84 Å². The van der Waals surface area contributed by atoms with Crippen molar-refractivity contribution in [2.24, 2.45) is 11.1 Å². The van der Waals surface area contributed by atoms with E-state index in [1.807, 2.05) is 0 Å². The maximum absolute atomic E-state index is 14.8. The first-order valence-electron chi connectivity index (χ1n) is 9.87. The summed E-state index contributed by atoms with van der Waals surface area (Å²) >= 11 is 0. The van der Waals surface area contributed by atoms with Gasteiger partial charge in [-0.25, -0.2) is 26.3 Å². The van der Waals surface area contributed by atoms with E-state index in [-0.39, 0.29) is 23.4 Å². The lowest BCUT2D eigenvalue weighted by Gasteiger charge is -2.18. The van der Waals surface area contributed by atoms with Crippen molar-refractivity contribution in [3.8, 4) is 17.2 Å². The third-order valence-electron chi connectivity index (χ3n) is 5.43. The molecule has 1 fully saturated rings. The first kappa shape index (κ1) is 23.9. The second kappa shape index (κ2) is 8.83. The molecule has 0 aliphatic carbocycles. The highest BCUT2D eigenvalue weighted by Gasteiger charge is 2.53. The monoisotopic (exact) mass is 504 g/mol. The molecule has 2 aromatic rings. The van der Waals surface area contributed by atoms with Crippen LogP contribution in [0.25, 0.3) is 15.4 Å². The molecule has 2 aliphatic rings. The van der Waals surface area contributed by atoms with Crippen molar-refractivity contribution in [1.82, 2.24) is 4.90 Å². The number of oxime groups is 1. The highest BCUT2D eigenvalue weighted by Crippen LogP contribution is 2.41. The molecule has 0 radical (unpaired) electrons. The van der Waals surface area contributed by atoms with Gasteiger partial charge in [0.1, 0.15) is 23.3 Å². The van der Waals surface area contributed by atoms with Crippen LogP contribution < -0.4 is 0 Å². The van der Waals surface area contributed by atoms with Gasteiger partial charge in [-0.2, -0.15) is 0 Å². The maximum Gasteiger partial charge on any atom is 0.509 e. The lowest BCUT2D eigenvalue weighted by atomic mass is 9.93. The van der Waals surface area contributed by atoms with Gasteiger partial charge in [-0.05, 0) is 23.8 Å². The number of likely N-dealkylation sites (tertiary alicyclic amines) is 1. The summed E-state index contributed by atoms with van der Waals surface area (Å²) in [6.07, 6.45) is -1.37. The summed E-state index contributed by atoms with van der Waals surface area (Å²) in [6.45, 7) is -1.35. The Morgan fingerprint density at radius 3 is 2.44 bits per heavy atom. The number of amidine groups is 1. The van der Waals surface area contributed by atoms with Gasteiger partial charge in [0, 0.05) is 12.1 Å². The zero-order valence-electron chi connectivity index (χ0n) is 17.2. The van der Waals surface area contributed by atoms with Crippen molar-refractivity contribution < 1.29 is 39.6 Å². The van der Waals surface area contributed by atoms with Crippen molar-refractivity contribution in [3.05, 3.63) is 63.7 Å². The van der Waals surface area contributed by atoms with E-state index < -0.39 is 70.1 Å². The Balaban J connectivity index is 1.59. The molecule has 13 heteroatoms. The second-order valence-electron chi connectivity index (χ2n) is 7.71. The Bertz CT molecular complexity index is 1300. The predicted octanol–water partition coefficient (Wildman–Crippen LogP) is 4.70. The van der Waals surface area contributed by atoms with Gasteiger partial charge < -0.3 is 9.74 Å². The lowest BCUT2D eigenvalue weighted by molar-refractivity contribution is -0.00611. The summed E-state index contributed by atoms with van der Waals surface area (Å²) in [4.78, 5) is 6.33. The minimum Gasteiger partial charge on any atom is -0.386 e. The van der Waals surface area contributed by atoms with Crippen molar-refractivity contribution >= 4 is 15.9 Å².